The molecule has 7 nitrogen and oxygen atoms in total. The van der Waals surface area contributed by atoms with Gasteiger partial charge in [0.25, 0.3) is 0 Å². The molecule has 0 saturated carbocycles. The number of para-hydroxylation sites is 2. The SMILES string of the molecule is CCOc1ccccc1-n1ccn(CC(=O)NCc2ccc(F)cc2)c(=O)c1=O. The fraction of sp³-hybridized carbons (Fsp3) is 0.190. The van der Waals surface area contributed by atoms with Crippen molar-refractivity contribution in [1.29, 1.82) is 0 Å². The van der Waals surface area contributed by atoms with Gasteiger partial charge in [0.05, 0.1) is 12.3 Å². The first-order valence-corrected chi connectivity index (χ1v) is 9.05. The van der Waals surface area contributed by atoms with Crippen LogP contribution >= 0.6 is 0 Å². The number of carbonyl (C=O) groups excluding carboxylic acids is 1. The van der Waals surface area contributed by atoms with Crippen molar-refractivity contribution < 1.29 is 13.9 Å². The molecule has 1 N–H and O–H groups in total. The number of rotatable bonds is 7. The summed E-state index contributed by atoms with van der Waals surface area (Å²) in [5.41, 5.74) is -0.443. The second-order valence-corrected chi connectivity index (χ2v) is 6.21. The fourth-order valence-corrected chi connectivity index (χ4v) is 2.77. The maximum absolute atomic E-state index is 12.9. The average molecular weight is 397 g/mol. The van der Waals surface area contributed by atoms with E-state index in [1.807, 2.05) is 6.92 Å². The maximum Gasteiger partial charge on any atom is 0.321 e. The number of hydrogen-bond donors (Lipinski definition) is 1. The van der Waals surface area contributed by atoms with E-state index in [1.54, 1.807) is 36.4 Å². The van der Waals surface area contributed by atoms with Crippen LogP contribution in [0.3, 0.4) is 0 Å². The van der Waals surface area contributed by atoms with Crippen LogP contribution in [0.25, 0.3) is 5.69 Å². The molecule has 0 saturated heterocycles. The standard InChI is InChI=1S/C21H20FN3O4/c1-2-29-18-6-4-3-5-17(18)25-12-11-24(20(27)21(25)28)14-19(26)23-13-15-7-9-16(22)10-8-15/h3-12H,2,13-14H2,1H3,(H,23,26). The van der Waals surface area contributed by atoms with E-state index in [9.17, 15) is 18.8 Å². The van der Waals surface area contributed by atoms with Crippen LogP contribution in [0.2, 0.25) is 0 Å². The van der Waals surface area contributed by atoms with Gasteiger partial charge in [0, 0.05) is 18.9 Å². The number of amides is 1. The minimum atomic E-state index is -0.823. The predicted octanol–water partition coefficient (Wildman–Crippen LogP) is 1.85. The number of ether oxygens (including phenoxy) is 1. The number of hydrogen-bond acceptors (Lipinski definition) is 4. The zero-order chi connectivity index (χ0) is 20.8. The molecule has 29 heavy (non-hydrogen) atoms. The number of nitrogens with one attached hydrogen (secondary N) is 1. The highest BCUT2D eigenvalue weighted by Gasteiger charge is 2.12. The lowest BCUT2D eigenvalue weighted by molar-refractivity contribution is -0.121. The molecule has 3 aromatic rings. The summed E-state index contributed by atoms with van der Waals surface area (Å²) in [6, 6.07) is 12.6. The van der Waals surface area contributed by atoms with Crippen molar-refractivity contribution >= 4 is 5.91 Å². The van der Waals surface area contributed by atoms with E-state index in [1.165, 1.54) is 29.1 Å². The fourth-order valence-electron chi connectivity index (χ4n) is 2.77. The second-order valence-electron chi connectivity index (χ2n) is 6.21. The lowest BCUT2D eigenvalue weighted by Crippen LogP contribution is -2.42. The molecule has 0 aliphatic heterocycles. The third-order valence-electron chi connectivity index (χ3n) is 4.20. The molecular weight excluding hydrogens is 377 g/mol. The van der Waals surface area contributed by atoms with E-state index in [0.29, 0.717) is 18.0 Å². The molecule has 150 valence electrons. The van der Waals surface area contributed by atoms with Crippen molar-refractivity contribution in [3.63, 3.8) is 0 Å². The summed E-state index contributed by atoms with van der Waals surface area (Å²) in [6.07, 6.45) is 2.80. The summed E-state index contributed by atoms with van der Waals surface area (Å²) >= 11 is 0. The molecule has 2 aromatic carbocycles. The van der Waals surface area contributed by atoms with Gasteiger partial charge in [-0.1, -0.05) is 24.3 Å². The zero-order valence-corrected chi connectivity index (χ0v) is 15.8. The van der Waals surface area contributed by atoms with E-state index in [2.05, 4.69) is 5.32 Å². The van der Waals surface area contributed by atoms with Crippen molar-refractivity contribution in [3.8, 4) is 11.4 Å². The van der Waals surface area contributed by atoms with E-state index < -0.39 is 17.0 Å². The lowest BCUT2D eigenvalue weighted by Gasteiger charge is -2.13. The average Bonchev–Trinajstić information content (AvgIpc) is 2.72. The van der Waals surface area contributed by atoms with Crippen molar-refractivity contribution in [3.05, 3.63) is 93.0 Å². The molecule has 8 heteroatoms. The molecule has 0 atom stereocenters. The van der Waals surface area contributed by atoms with Crippen LogP contribution in [-0.4, -0.2) is 21.6 Å². The van der Waals surface area contributed by atoms with E-state index in [-0.39, 0.29) is 18.9 Å². The van der Waals surface area contributed by atoms with Gasteiger partial charge in [0.1, 0.15) is 18.1 Å². The first-order valence-electron chi connectivity index (χ1n) is 9.05. The molecular formula is C21H20FN3O4. The molecule has 0 spiro atoms. The summed E-state index contributed by atoms with van der Waals surface area (Å²) in [6.45, 7) is 2.12. The molecule has 0 radical (unpaired) electrons. The minimum absolute atomic E-state index is 0.187. The Balaban J connectivity index is 1.76. The molecule has 0 unspecified atom stereocenters. The Morgan fingerprint density at radius 1 is 1.03 bits per heavy atom. The molecule has 0 aliphatic rings. The Morgan fingerprint density at radius 2 is 1.76 bits per heavy atom. The third kappa shape index (κ3) is 4.78. The first-order chi connectivity index (χ1) is 14.0. The van der Waals surface area contributed by atoms with Gasteiger partial charge in [-0.2, -0.15) is 0 Å². The van der Waals surface area contributed by atoms with Crippen molar-refractivity contribution in [2.45, 2.75) is 20.0 Å². The van der Waals surface area contributed by atoms with Gasteiger partial charge < -0.3 is 10.1 Å². The summed E-state index contributed by atoms with van der Waals surface area (Å²) in [4.78, 5) is 37.1. The Bertz CT molecular complexity index is 1120. The quantitative estimate of drug-likeness (QED) is 0.617. The van der Waals surface area contributed by atoms with Crippen molar-refractivity contribution in [1.82, 2.24) is 14.5 Å². The molecule has 1 heterocycles. The number of nitrogens with zero attached hydrogens (tertiary/aromatic N) is 2. The van der Waals surface area contributed by atoms with Crippen LogP contribution in [0, 0.1) is 5.82 Å². The zero-order valence-electron chi connectivity index (χ0n) is 15.8. The highest BCUT2D eigenvalue weighted by Crippen LogP contribution is 2.20. The first kappa shape index (κ1) is 20.1. The molecule has 0 bridgehead atoms. The van der Waals surface area contributed by atoms with Gasteiger partial charge in [-0.15, -0.1) is 0 Å². The maximum atomic E-state index is 12.9. The smallest absolute Gasteiger partial charge is 0.321 e. The Kier molecular flexibility index (Phi) is 6.23. The highest BCUT2D eigenvalue weighted by molar-refractivity contribution is 5.75. The van der Waals surface area contributed by atoms with E-state index in [0.717, 1.165) is 10.1 Å². The van der Waals surface area contributed by atoms with Gasteiger partial charge in [0.15, 0.2) is 0 Å². The normalized spacial score (nSPS) is 10.6. The number of carbonyl (C=O) groups is 1. The summed E-state index contributed by atoms with van der Waals surface area (Å²) < 4.78 is 20.7. The molecule has 0 aliphatic carbocycles. The van der Waals surface area contributed by atoms with Gasteiger partial charge in [-0.25, -0.2) is 4.39 Å². The number of halogens is 1. The van der Waals surface area contributed by atoms with Crippen LogP contribution in [0.4, 0.5) is 4.39 Å². The number of aromatic nitrogens is 2. The summed E-state index contributed by atoms with van der Waals surface area (Å²) in [5, 5.41) is 2.64. The largest absolute Gasteiger partial charge is 0.492 e. The minimum Gasteiger partial charge on any atom is -0.492 e. The summed E-state index contributed by atoms with van der Waals surface area (Å²) in [7, 11) is 0. The molecule has 3 rings (SSSR count). The second kappa shape index (κ2) is 9.01. The van der Waals surface area contributed by atoms with Crippen LogP contribution in [0.15, 0.2) is 70.5 Å². The van der Waals surface area contributed by atoms with Crippen molar-refractivity contribution in [2.75, 3.05) is 6.61 Å². The molecule has 1 aromatic heterocycles. The van der Waals surface area contributed by atoms with Gasteiger partial charge in [-0.05, 0) is 36.8 Å². The van der Waals surface area contributed by atoms with E-state index >= 15 is 0 Å². The predicted molar refractivity (Wildman–Crippen MR) is 106 cm³/mol. The Labute approximate surface area is 166 Å². The van der Waals surface area contributed by atoms with Crippen LogP contribution in [-0.2, 0) is 17.9 Å². The van der Waals surface area contributed by atoms with E-state index in [4.69, 9.17) is 4.74 Å². The van der Waals surface area contributed by atoms with Crippen LogP contribution < -0.4 is 21.2 Å². The topological polar surface area (TPSA) is 82.3 Å². The van der Waals surface area contributed by atoms with Crippen LogP contribution in [0.1, 0.15) is 12.5 Å². The van der Waals surface area contributed by atoms with Crippen molar-refractivity contribution in [2.24, 2.45) is 0 Å². The number of benzene rings is 2. The Hall–Kier alpha value is -3.68. The highest BCUT2D eigenvalue weighted by atomic mass is 19.1. The molecule has 0 fully saturated rings. The van der Waals surface area contributed by atoms with Crippen LogP contribution in [0.5, 0.6) is 5.75 Å². The van der Waals surface area contributed by atoms with Gasteiger partial charge >= 0.3 is 11.1 Å². The van der Waals surface area contributed by atoms with Gasteiger partial charge in [-0.3, -0.25) is 23.5 Å². The summed E-state index contributed by atoms with van der Waals surface area (Å²) in [5.74, 6) is -0.326. The molecule has 1 amide bonds. The van der Waals surface area contributed by atoms with Gasteiger partial charge in [0.2, 0.25) is 5.91 Å². The Morgan fingerprint density at radius 3 is 2.48 bits per heavy atom. The third-order valence-corrected chi connectivity index (χ3v) is 4.20. The lowest BCUT2D eigenvalue weighted by atomic mass is 10.2. The monoisotopic (exact) mass is 397 g/mol.